The highest BCUT2D eigenvalue weighted by Crippen LogP contribution is 2.28. The van der Waals surface area contributed by atoms with Gasteiger partial charge in [-0.05, 0) is 83.9 Å². The number of carbonyl (C=O) groups excluding carboxylic acids is 2. The van der Waals surface area contributed by atoms with Crippen LogP contribution in [0, 0.1) is 11.6 Å². The van der Waals surface area contributed by atoms with Crippen molar-refractivity contribution >= 4 is 31.4 Å². The monoisotopic (exact) mass is 726 g/mol. The number of benzene rings is 4. The molecular weight excluding hydrogens is 693 g/mol. The molecule has 2 N–H and O–H groups in total. The molecule has 4 aromatic carbocycles. The average molecular weight is 727 g/mol. The Morgan fingerprint density at radius 2 is 0.981 bits per heavy atom. The quantitative estimate of drug-likeness (QED) is 0.108. The molecule has 2 aromatic heterocycles. The van der Waals surface area contributed by atoms with E-state index in [1.54, 1.807) is 81.9 Å². The van der Waals surface area contributed by atoms with E-state index in [2.05, 4.69) is 31.0 Å². The predicted molar refractivity (Wildman–Crippen MR) is 188 cm³/mol. The number of hydrogen-bond acceptors (Lipinski definition) is 9. The maximum atomic E-state index is 13.3. The number of aromatic nitrogens is 6. The molecule has 0 aliphatic heterocycles. The number of aryl methyl sites for hydroxylation is 2. The number of hydrogen-bond donors (Lipinski definition) is 2. The Hall–Kier alpha value is -5.89. The Balaban J connectivity index is 0.877. The minimum absolute atomic E-state index is 0.0518. The number of halogens is 2. The fourth-order valence-corrected chi connectivity index (χ4v) is 5.74. The lowest BCUT2D eigenvalue weighted by Crippen LogP contribution is -2.13. The summed E-state index contributed by atoms with van der Waals surface area (Å²) in [6.45, 7) is 0.104. The Bertz CT molecular complexity index is 1970. The topological polar surface area (TPSA) is 155 Å². The van der Waals surface area contributed by atoms with Crippen LogP contribution in [0.5, 0.6) is 0 Å². The molecule has 0 fully saturated rings. The molecule has 6 aromatic rings. The van der Waals surface area contributed by atoms with E-state index in [-0.39, 0.29) is 49.5 Å². The summed E-state index contributed by atoms with van der Waals surface area (Å²) >= 11 is 0. The molecule has 16 heteroatoms. The Morgan fingerprint density at radius 1 is 0.596 bits per heavy atom. The summed E-state index contributed by atoms with van der Waals surface area (Å²) in [7, 11) is -2.80. The first-order valence-electron chi connectivity index (χ1n) is 16.2. The summed E-state index contributed by atoms with van der Waals surface area (Å²) < 4.78 is 53.1. The third-order valence-electron chi connectivity index (χ3n) is 7.79. The molecule has 0 saturated heterocycles. The van der Waals surface area contributed by atoms with Gasteiger partial charge in [-0.3, -0.25) is 23.3 Å². The number of nitrogens with zero attached hydrogens (tertiary/aromatic N) is 6. The molecule has 0 bridgehead atoms. The van der Waals surface area contributed by atoms with E-state index < -0.39 is 8.25 Å². The highest BCUT2D eigenvalue weighted by Gasteiger charge is 2.12. The van der Waals surface area contributed by atoms with Crippen LogP contribution < -0.4 is 10.6 Å². The lowest BCUT2D eigenvalue weighted by Gasteiger charge is -2.09. The largest absolute Gasteiger partial charge is 0.326 e. The summed E-state index contributed by atoms with van der Waals surface area (Å²) in [6, 6.07) is 25.7. The zero-order valence-corrected chi connectivity index (χ0v) is 28.6. The summed E-state index contributed by atoms with van der Waals surface area (Å²) in [5.74, 6) is 0.0234. The number of anilines is 2. The predicted octanol–water partition coefficient (Wildman–Crippen LogP) is 6.39. The summed E-state index contributed by atoms with van der Waals surface area (Å²) in [5, 5.41) is 21.6. The molecule has 13 nitrogen and oxygen atoms in total. The lowest BCUT2D eigenvalue weighted by atomic mass is 10.2. The van der Waals surface area contributed by atoms with Gasteiger partial charge in [0.1, 0.15) is 35.9 Å². The zero-order chi connectivity index (χ0) is 36.3. The van der Waals surface area contributed by atoms with Crippen LogP contribution in [0.4, 0.5) is 20.2 Å². The van der Waals surface area contributed by atoms with Gasteiger partial charge in [0.2, 0.25) is 11.8 Å². The lowest BCUT2D eigenvalue weighted by molar-refractivity contribution is -0.117. The van der Waals surface area contributed by atoms with E-state index in [0.717, 1.165) is 11.1 Å². The fraction of sp³-hybridized carbons (Fsp3) is 0.167. The van der Waals surface area contributed by atoms with Crippen LogP contribution in [0.25, 0.3) is 11.4 Å². The SMILES string of the molecule is O=C(CCc1nncn1-c1ccc(F)cc1)Nc1ccc(CO[PH](=O)OCc2ccc(NC(=O)CCc3nncn3-c3ccc(F)cc3)cc2)cc1. The first kappa shape index (κ1) is 35.9. The van der Waals surface area contributed by atoms with Crippen molar-refractivity contribution in [2.45, 2.75) is 38.9 Å². The van der Waals surface area contributed by atoms with E-state index in [0.29, 0.717) is 47.2 Å². The van der Waals surface area contributed by atoms with Gasteiger partial charge in [-0.2, -0.15) is 0 Å². The van der Waals surface area contributed by atoms with Crippen molar-refractivity contribution < 1.29 is 32.0 Å². The smallest absolute Gasteiger partial charge is 0.319 e. The molecule has 0 saturated carbocycles. The van der Waals surface area contributed by atoms with Crippen molar-refractivity contribution in [1.82, 2.24) is 29.5 Å². The molecule has 6 rings (SSSR count). The Labute approximate surface area is 297 Å². The van der Waals surface area contributed by atoms with E-state index >= 15 is 0 Å². The van der Waals surface area contributed by atoms with Gasteiger partial charge in [0.05, 0.1) is 13.2 Å². The molecule has 2 heterocycles. The van der Waals surface area contributed by atoms with Crippen LogP contribution >= 0.6 is 8.25 Å². The van der Waals surface area contributed by atoms with Crippen molar-refractivity contribution in [3.63, 3.8) is 0 Å². The maximum absolute atomic E-state index is 13.3. The molecule has 266 valence electrons. The third-order valence-corrected chi connectivity index (χ3v) is 8.55. The number of carbonyl (C=O) groups is 2. The molecule has 2 amide bonds. The first-order valence-corrected chi connectivity index (χ1v) is 17.4. The van der Waals surface area contributed by atoms with Gasteiger partial charge >= 0.3 is 8.25 Å². The van der Waals surface area contributed by atoms with Gasteiger partial charge < -0.3 is 19.7 Å². The fourth-order valence-electron chi connectivity index (χ4n) is 5.09. The van der Waals surface area contributed by atoms with Crippen LogP contribution in [0.2, 0.25) is 0 Å². The second-order valence-corrected chi connectivity index (χ2v) is 12.6. The Kier molecular flexibility index (Phi) is 12.0. The van der Waals surface area contributed by atoms with Crippen molar-refractivity contribution in [3.05, 3.63) is 144 Å². The zero-order valence-electron chi connectivity index (χ0n) is 27.6. The van der Waals surface area contributed by atoms with E-state index in [1.165, 1.54) is 36.9 Å². The van der Waals surface area contributed by atoms with Crippen LogP contribution in [0.3, 0.4) is 0 Å². The van der Waals surface area contributed by atoms with Crippen molar-refractivity contribution in [3.8, 4) is 11.4 Å². The van der Waals surface area contributed by atoms with Gasteiger partial charge in [0.15, 0.2) is 0 Å². The van der Waals surface area contributed by atoms with Gasteiger partial charge in [-0.15, -0.1) is 20.4 Å². The van der Waals surface area contributed by atoms with Crippen LogP contribution in [0.1, 0.15) is 35.6 Å². The highest BCUT2D eigenvalue weighted by molar-refractivity contribution is 7.33. The number of amides is 2. The van der Waals surface area contributed by atoms with Crippen molar-refractivity contribution in [2.24, 2.45) is 0 Å². The molecule has 0 radical (unpaired) electrons. The van der Waals surface area contributed by atoms with E-state index in [9.17, 15) is 22.9 Å². The van der Waals surface area contributed by atoms with Crippen LogP contribution in [-0.4, -0.2) is 41.3 Å². The third kappa shape index (κ3) is 10.1. The molecular formula is C36H33F2N8O5P. The Morgan fingerprint density at radius 3 is 1.37 bits per heavy atom. The molecule has 0 aliphatic carbocycles. The van der Waals surface area contributed by atoms with E-state index in [1.807, 2.05) is 0 Å². The first-order chi connectivity index (χ1) is 25.3. The molecule has 0 spiro atoms. The normalized spacial score (nSPS) is 11.1. The standard InChI is InChI=1S/C36H33F2N8O5P/c37-27-5-13-31(14-6-27)45-23-39-43-33(45)17-19-35(47)41-29-9-1-25(2-10-29)21-50-52(49)51-22-26-3-11-30(12-4-26)42-36(48)20-18-34-44-40-24-46(34)32-15-7-28(38)8-16-32/h1-16,23-24,52H,17-22H2,(H,41,47)(H,42,48). The molecule has 0 aliphatic rings. The van der Waals surface area contributed by atoms with Gasteiger partial charge in [-0.25, -0.2) is 8.78 Å². The number of rotatable bonds is 16. The molecule has 52 heavy (non-hydrogen) atoms. The van der Waals surface area contributed by atoms with Crippen molar-refractivity contribution in [1.29, 1.82) is 0 Å². The van der Waals surface area contributed by atoms with Gasteiger partial charge in [0, 0.05) is 48.4 Å². The van der Waals surface area contributed by atoms with E-state index in [4.69, 9.17) is 9.05 Å². The average Bonchev–Trinajstić information content (AvgIpc) is 3.83. The minimum Gasteiger partial charge on any atom is -0.326 e. The summed E-state index contributed by atoms with van der Waals surface area (Å²) in [5.41, 5.74) is 4.04. The second-order valence-electron chi connectivity index (χ2n) is 11.5. The second kappa shape index (κ2) is 17.4. The molecule has 0 atom stereocenters. The van der Waals surface area contributed by atoms with Crippen LogP contribution in [0.15, 0.2) is 110 Å². The minimum atomic E-state index is -2.80. The molecule has 0 unspecified atom stereocenters. The number of nitrogens with one attached hydrogen (secondary N) is 2. The summed E-state index contributed by atoms with van der Waals surface area (Å²) in [6.07, 6.45) is 4.02. The van der Waals surface area contributed by atoms with Crippen molar-refractivity contribution in [2.75, 3.05) is 10.6 Å². The van der Waals surface area contributed by atoms with Gasteiger partial charge in [-0.1, -0.05) is 24.3 Å². The highest BCUT2D eigenvalue weighted by atomic mass is 31.1. The van der Waals surface area contributed by atoms with Gasteiger partial charge in [0.25, 0.3) is 0 Å². The summed E-state index contributed by atoms with van der Waals surface area (Å²) in [4.78, 5) is 25.1. The van der Waals surface area contributed by atoms with Crippen LogP contribution in [-0.2, 0) is 49.3 Å². The maximum Gasteiger partial charge on any atom is 0.319 e.